The van der Waals surface area contributed by atoms with Crippen molar-refractivity contribution >= 4 is 11.9 Å². The number of aromatic hydroxyl groups is 1. The van der Waals surface area contributed by atoms with Crippen LogP contribution in [0.2, 0.25) is 0 Å². The summed E-state index contributed by atoms with van der Waals surface area (Å²) >= 11 is 0. The highest BCUT2D eigenvalue weighted by Crippen LogP contribution is 2.20. The first-order valence-electron chi connectivity index (χ1n) is 4.08. The molecule has 0 spiro atoms. The molecule has 0 saturated heterocycles. The van der Waals surface area contributed by atoms with Crippen LogP contribution in [0.4, 0.5) is 10.6 Å². The maximum Gasteiger partial charge on any atom is 0.452 e. The van der Waals surface area contributed by atoms with Crippen molar-refractivity contribution in [2.45, 2.75) is 6.92 Å². The summed E-state index contributed by atoms with van der Waals surface area (Å²) in [5.74, 6) is 0.443. The van der Waals surface area contributed by atoms with Gasteiger partial charge < -0.3 is 9.84 Å². The monoisotopic (exact) mass is 197 g/mol. The summed E-state index contributed by atoms with van der Waals surface area (Å²) in [6.07, 6.45) is -0.742. The van der Waals surface area contributed by atoms with Gasteiger partial charge in [0.1, 0.15) is 0 Å². The standard InChI is InChI=1S/C8H11N3O3/c1-3-14-8(13)10-9-6-4-5-7(12)11(6)2/h4-5,12H,3H2,1-2H3/b10-9+. The lowest BCUT2D eigenvalue weighted by Crippen LogP contribution is -1.96. The van der Waals surface area contributed by atoms with Gasteiger partial charge >= 0.3 is 6.09 Å². The fourth-order valence-electron chi connectivity index (χ4n) is 0.835. The molecule has 1 rings (SSSR count). The van der Waals surface area contributed by atoms with Crippen LogP contribution in [-0.4, -0.2) is 22.4 Å². The molecule has 1 aromatic heterocycles. The number of carbonyl (C=O) groups is 1. The van der Waals surface area contributed by atoms with Gasteiger partial charge in [-0.05, 0) is 13.0 Å². The molecule has 1 heterocycles. The van der Waals surface area contributed by atoms with Crippen LogP contribution in [0, 0.1) is 0 Å². The summed E-state index contributed by atoms with van der Waals surface area (Å²) in [6, 6.07) is 3.00. The molecular weight excluding hydrogens is 186 g/mol. The second-order valence-electron chi connectivity index (χ2n) is 2.51. The predicted octanol–water partition coefficient (Wildman–Crippen LogP) is 1.97. The van der Waals surface area contributed by atoms with Crippen LogP contribution in [0.15, 0.2) is 22.4 Å². The third-order valence-corrected chi connectivity index (χ3v) is 1.57. The lowest BCUT2D eigenvalue weighted by Gasteiger charge is -1.96. The number of hydrogen-bond donors (Lipinski definition) is 1. The molecule has 0 atom stereocenters. The highest BCUT2D eigenvalue weighted by molar-refractivity contribution is 5.67. The minimum atomic E-state index is -0.742. The maximum atomic E-state index is 10.8. The largest absolute Gasteiger partial charge is 0.494 e. The Morgan fingerprint density at radius 2 is 2.36 bits per heavy atom. The van der Waals surface area contributed by atoms with Gasteiger partial charge in [0.2, 0.25) is 0 Å². The average molecular weight is 197 g/mol. The van der Waals surface area contributed by atoms with Crippen molar-refractivity contribution in [1.29, 1.82) is 0 Å². The minimum absolute atomic E-state index is 0.0582. The van der Waals surface area contributed by atoms with Gasteiger partial charge in [-0.15, -0.1) is 5.11 Å². The van der Waals surface area contributed by atoms with Crippen molar-refractivity contribution in [3.05, 3.63) is 12.1 Å². The number of azo groups is 1. The first-order chi connectivity index (χ1) is 6.65. The first-order valence-corrected chi connectivity index (χ1v) is 4.08. The predicted molar refractivity (Wildman–Crippen MR) is 48.6 cm³/mol. The summed E-state index contributed by atoms with van der Waals surface area (Å²) in [5.41, 5.74) is 0. The fourth-order valence-corrected chi connectivity index (χ4v) is 0.835. The molecule has 1 N–H and O–H groups in total. The van der Waals surface area contributed by atoms with E-state index in [0.29, 0.717) is 5.82 Å². The molecule has 0 unspecified atom stereocenters. The van der Waals surface area contributed by atoms with Crippen LogP contribution >= 0.6 is 0 Å². The van der Waals surface area contributed by atoms with E-state index in [2.05, 4.69) is 15.0 Å². The van der Waals surface area contributed by atoms with E-state index < -0.39 is 6.09 Å². The third-order valence-electron chi connectivity index (χ3n) is 1.57. The summed E-state index contributed by atoms with van der Waals surface area (Å²) in [7, 11) is 1.61. The van der Waals surface area contributed by atoms with Crippen molar-refractivity contribution in [3.8, 4) is 5.88 Å². The molecule has 1 amide bonds. The van der Waals surface area contributed by atoms with E-state index in [1.165, 1.54) is 16.7 Å². The number of amides is 1. The normalized spacial score (nSPS) is 10.7. The Balaban J connectivity index is 2.69. The van der Waals surface area contributed by atoms with Crippen LogP contribution in [0.5, 0.6) is 5.88 Å². The molecule has 0 bridgehead atoms. The highest BCUT2D eigenvalue weighted by Gasteiger charge is 2.02. The van der Waals surface area contributed by atoms with Gasteiger partial charge in [0, 0.05) is 13.1 Å². The molecule has 0 aliphatic carbocycles. The SMILES string of the molecule is CCOC(=O)/N=N/c1ccc(O)n1C. The van der Waals surface area contributed by atoms with Gasteiger partial charge in [-0.25, -0.2) is 4.79 Å². The Hall–Kier alpha value is -1.85. The van der Waals surface area contributed by atoms with Gasteiger partial charge in [-0.2, -0.15) is 0 Å². The van der Waals surface area contributed by atoms with Gasteiger partial charge in [0.15, 0.2) is 11.7 Å². The molecule has 76 valence electrons. The van der Waals surface area contributed by atoms with E-state index in [1.54, 1.807) is 14.0 Å². The molecule has 6 heteroatoms. The Morgan fingerprint density at radius 1 is 1.64 bits per heavy atom. The minimum Gasteiger partial charge on any atom is -0.494 e. The van der Waals surface area contributed by atoms with E-state index in [1.807, 2.05) is 0 Å². The summed E-state index contributed by atoms with van der Waals surface area (Å²) in [4.78, 5) is 10.8. The second kappa shape index (κ2) is 4.40. The number of rotatable bonds is 2. The van der Waals surface area contributed by atoms with Crippen molar-refractivity contribution in [2.24, 2.45) is 17.3 Å². The number of carbonyl (C=O) groups excluding carboxylic acids is 1. The van der Waals surface area contributed by atoms with Crippen LogP contribution < -0.4 is 0 Å². The molecule has 0 aliphatic rings. The molecule has 1 aromatic rings. The van der Waals surface area contributed by atoms with Crippen molar-refractivity contribution in [2.75, 3.05) is 6.61 Å². The fraction of sp³-hybridized carbons (Fsp3) is 0.375. The zero-order chi connectivity index (χ0) is 10.6. The molecule has 0 aliphatic heterocycles. The lowest BCUT2D eigenvalue weighted by molar-refractivity contribution is 0.161. The van der Waals surface area contributed by atoms with E-state index in [9.17, 15) is 4.79 Å². The average Bonchev–Trinajstić information content (AvgIpc) is 2.46. The number of hydrogen-bond acceptors (Lipinski definition) is 4. The Kier molecular flexibility index (Phi) is 3.22. The molecule has 0 fully saturated rings. The van der Waals surface area contributed by atoms with Gasteiger partial charge in [-0.3, -0.25) is 4.57 Å². The first kappa shape index (κ1) is 10.2. The van der Waals surface area contributed by atoms with Gasteiger partial charge in [0.05, 0.1) is 6.61 Å². The summed E-state index contributed by atoms with van der Waals surface area (Å²) in [6.45, 7) is 1.94. The molecule has 0 saturated carbocycles. The van der Waals surface area contributed by atoms with Crippen LogP contribution in [0.25, 0.3) is 0 Å². The zero-order valence-corrected chi connectivity index (χ0v) is 7.97. The van der Waals surface area contributed by atoms with E-state index in [-0.39, 0.29) is 12.5 Å². The van der Waals surface area contributed by atoms with E-state index in [0.717, 1.165) is 0 Å². The van der Waals surface area contributed by atoms with Crippen molar-refractivity contribution < 1.29 is 14.6 Å². The summed E-state index contributed by atoms with van der Waals surface area (Å²) < 4.78 is 5.93. The van der Waals surface area contributed by atoms with Gasteiger partial charge in [0.25, 0.3) is 0 Å². The number of ether oxygens (including phenoxy) is 1. The molecule has 6 nitrogen and oxygen atoms in total. The number of aromatic nitrogens is 1. The highest BCUT2D eigenvalue weighted by atomic mass is 16.5. The van der Waals surface area contributed by atoms with E-state index >= 15 is 0 Å². The van der Waals surface area contributed by atoms with E-state index in [4.69, 9.17) is 5.11 Å². The maximum absolute atomic E-state index is 10.8. The third kappa shape index (κ3) is 2.32. The Labute approximate surface area is 80.8 Å². The van der Waals surface area contributed by atoms with Gasteiger partial charge in [-0.1, -0.05) is 5.11 Å². The van der Waals surface area contributed by atoms with Crippen molar-refractivity contribution in [1.82, 2.24) is 4.57 Å². The lowest BCUT2D eigenvalue weighted by atomic mass is 10.6. The topological polar surface area (TPSA) is 76.2 Å². The van der Waals surface area contributed by atoms with Crippen LogP contribution in [-0.2, 0) is 11.8 Å². The quantitative estimate of drug-likeness (QED) is 0.736. The zero-order valence-electron chi connectivity index (χ0n) is 7.97. The second-order valence-corrected chi connectivity index (χ2v) is 2.51. The summed E-state index contributed by atoms with van der Waals surface area (Å²) in [5, 5.41) is 16.0. The van der Waals surface area contributed by atoms with Crippen molar-refractivity contribution in [3.63, 3.8) is 0 Å². The molecule has 0 aromatic carbocycles. The molecular formula is C8H11N3O3. The Bertz CT molecular complexity index is 357. The Morgan fingerprint density at radius 3 is 2.86 bits per heavy atom. The molecule has 14 heavy (non-hydrogen) atoms. The van der Waals surface area contributed by atoms with Crippen LogP contribution in [0.1, 0.15) is 6.92 Å². The van der Waals surface area contributed by atoms with Crippen LogP contribution in [0.3, 0.4) is 0 Å². The molecule has 0 radical (unpaired) electrons. The smallest absolute Gasteiger partial charge is 0.452 e. The number of nitrogens with zero attached hydrogens (tertiary/aromatic N) is 3.